The lowest BCUT2D eigenvalue weighted by Crippen LogP contribution is -1.95. The SMILES string of the molecule is c1csc(C2CCOC2)n1. The van der Waals surface area contributed by atoms with E-state index in [4.69, 9.17) is 4.74 Å². The fourth-order valence-electron chi connectivity index (χ4n) is 1.17. The number of nitrogens with zero attached hydrogens (tertiary/aromatic N) is 1. The summed E-state index contributed by atoms with van der Waals surface area (Å²) in [6.07, 6.45) is 3.01. The molecular weight excluding hydrogens is 146 g/mol. The van der Waals surface area contributed by atoms with Crippen molar-refractivity contribution in [3.63, 3.8) is 0 Å². The molecule has 1 aliphatic rings. The number of thiazole rings is 1. The van der Waals surface area contributed by atoms with Crippen LogP contribution in [0.2, 0.25) is 0 Å². The van der Waals surface area contributed by atoms with E-state index in [0.29, 0.717) is 5.92 Å². The quantitative estimate of drug-likeness (QED) is 0.615. The van der Waals surface area contributed by atoms with Gasteiger partial charge in [-0.1, -0.05) is 0 Å². The van der Waals surface area contributed by atoms with E-state index in [1.54, 1.807) is 11.3 Å². The molecule has 1 fully saturated rings. The molecule has 0 spiro atoms. The van der Waals surface area contributed by atoms with Gasteiger partial charge in [0, 0.05) is 24.1 Å². The summed E-state index contributed by atoms with van der Waals surface area (Å²) in [6.45, 7) is 1.78. The standard InChI is InChI=1S/C7H9NOS/c1-3-9-5-6(1)7-8-2-4-10-7/h2,4,6H,1,3,5H2. The van der Waals surface area contributed by atoms with Crippen LogP contribution in [0.3, 0.4) is 0 Å². The highest BCUT2D eigenvalue weighted by atomic mass is 32.1. The summed E-state index contributed by atoms with van der Waals surface area (Å²) in [5.74, 6) is 0.583. The van der Waals surface area contributed by atoms with Crippen LogP contribution in [-0.2, 0) is 4.74 Å². The minimum atomic E-state index is 0.583. The molecule has 1 atom stereocenters. The Balaban J connectivity index is 2.12. The lowest BCUT2D eigenvalue weighted by Gasteiger charge is -1.99. The van der Waals surface area contributed by atoms with Crippen molar-refractivity contribution in [3.8, 4) is 0 Å². The molecule has 2 heterocycles. The summed E-state index contributed by atoms with van der Waals surface area (Å²) in [6, 6.07) is 0. The van der Waals surface area contributed by atoms with Gasteiger partial charge in [0.05, 0.1) is 11.6 Å². The summed E-state index contributed by atoms with van der Waals surface area (Å²) in [7, 11) is 0. The molecule has 1 aromatic rings. The first kappa shape index (κ1) is 6.31. The zero-order valence-electron chi connectivity index (χ0n) is 5.62. The van der Waals surface area contributed by atoms with Crippen LogP contribution in [0.15, 0.2) is 11.6 Å². The Morgan fingerprint density at radius 3 is 3.30 bits per heavy atom. The van der Waals surface area contributed by atoms with Crippen molar-refractivity contribution in [2.75, 3.05) is 13.2 Å². The molecule has 0 bridgehead atoms. The summed E-state index contributed by atoms with van der Waals surface area (Å²) < 4.78 is 5.25. The van der Waals surface area contributed by atoms with E-state index in [0.717, 1.165) is 19.6 Å². The van der Waals surface area contributed by atoms with E-state index < -0.39 is 0 Å². The maximum atomic E-state index is 5.25. The summed E-state index contributed by atoms with van der Waals surface area (Å²) in [5, 5.41) is 3.26. The van der Waals surface area contributed by atoms with Crippen LogP contribution in [0.1, 0.15) is 17.3 Å². The van der Waals surface area contributed by atoms with Gasteiger partial charge in [0.1, 0.15) is 0 Å². The highest BCUT2D eigenvalue weighted by Gasteiger charge is 2.19. The monoisotopic (exact) mass is 155 g/mol. The third-order valence-corrected chi connectivity index (χ3v) is 2.67. The Morgan fingerprint density at radius 2 is 2.70 bits per heavy atom. The largest absolute Gasteiger partial charge is 0.381 e. The lowest BCUT2D eigenvalue weighted by atomic mass is 10.1. The molecule has 2 rings (SSSR count). The Hall–Kier alpha value is -0.410. The van der Waals surface area contributed by atoms with E-state index in [9.17, 15) is 0 Å². The van der Waals surface area contributed by atoms with Gasteiger partial charge >= 0.3 is 0 Å². The van der Waals surface area contributed by atoms with Crippen molar-refractivity contribution >= 4 is 11.3 Å². The molecule has 10 heavy (non-hydrogen) atoms. The molecule has 0 N–H and O–H groups in total. The lowest BCUT2D eigenvalue weighted by molar-refractivity contribution is 0.194. The molecular formula is C7H9NOS. The third kappa shape index (κ3) is 1.07. The van der Waals surface area contributed by atoms with Gasteiger partial charge in [0.25, 0.3) is 0 Å². The predicted octanol–water partition coefficient (Wildman–Crippen LogP) is 1.65. The van der Waals surface area contributed by atoms with Crippen molar-refractivity contribution in [1.82, 2.24) is 4.98 Å². The second-order valence-corrected chi connectivity index (χ2v) is 3.36. The molecule has 1 aliphatic heterocycles. The Kier molecular flexibility index (Phi) is 1.69. The zero-order valence-corrected chi connectivity index (χ0v) is 6.43. The normalized spacial score (nSPS) is 25.4. The Labute approximate surface area is 63.9 Å². The third-order valence-electron chi connectivity index (χ3n) is 1.73. The van der Waals surface area contributed by atoms with Gasteiger partial charge in [0.15, 0.2) is 0 Å². The maximum Gasteiger partial charge on any atom is 0.0979 e. The predicted molar refractivity (Wildman–Crippen MR) is 40.3 cm³/mol. The van der Waals surface area contributed by atoms with E-state index in [2.05, 4.69) is 4.98 Å². The van der Waals surface area contributed by atoms with Gasteiger partial charge < -0.3 is 4.74 Å². The van der Waals surface area contributed by atoms with Crippen LogP contribution in [0.4, 0.5) is 0 Å². The molecule has 0 aliphatic carbocycles. The van der Waals surface area contributed by atoms with E-state index in [-0.39, 0.29) is 0 Å². The van der Waals surface area contributed by atoms with Gasteiger partial charge in [0.2, 0.25) is 0 Å². The van der Waals surface area contributed by atoms with Gasteiger partial charge in [-0.3, -0.25) is 0 Å². The van der Waals surface area contributed by atoms with Gasteiger partial charge in [-0.25, -0.2) is 4.98 Å². The Bertz CT molecular complexity index is 191. The smallest absolute Gasteiger partial charge is 0.0979 e. The zero-order chi connectivity index (χ0) is 6.81. The molecule has 1 aromatic heterocycles. The average molecular weight is 155 g/mol. The van der Waals surface area contributed by atoms with E-state index in [1.165, 1.54) is 5.01 Å². The topological polar surface area (TPSA) is 22.1 Å². The van der Waals surface area contributed by atoms with Crippen LogP contribution in [0.5, 0.6) is 0 Å². The fraction of sp³-hybridized carbons (Fsp3) is 0.571. The minimum absolute atomic E-state index is 0.583. The van der Waals surface area contributed by atoms with Crippen LogP contribution in [0.25, 0.3) is 0 Å². The van der Waals surface area contributed by atoms with Crippen molar-refractivity contribution in [2.24, 2.45) is 0 Å². The Morgan fingerprint density at radius 1 is 1.70 bits per heavy atom. The van der Waals surface area contributed by atoms with Gasteiger partial charge in [-0.15, -0.1) is 11.3 Å². The van der Waals surface area contributed by atoms with Crippen LogP contribution >= 0.6 is 11.3 Å². The second-order valence-electron chi connectivity index (χ2n) is 2.43. The number of hydrogen-bond acceptors (Lipinski definition) is 3. The first-order valence-electron chi connectivity index (χ1n) is 3.44. The molecule has 2 nitrogen and oxygen atoms in total. The maximum absolute atomic E-state index is 5.25. The number of hydrogen-bond donors (Lipinski definition) is 0. The molecule has 0 aromatic carbocycles. The summed E-state index contributed by atoms with van der Waals surface area (Å²) >= 11 is 1.73. The summed E-state index contributed by atoms with van der Waals surface area (Å²) in [5.41, 5.74) is 0. The van der Waals surface area contributed by atoms with Crippen LogP contribution < -0.4 is 0 Å². The second kappa shape index (κ2) is 2.68. The molecule has 1 saturated heterocycles. The molecule has 0 amide bonds. The van der Waals surface area contributed by atoms with Crippen molar-refractivity contribution in [3.05, 3.63) is 16.6 Å². The first-order valence-corrected chi connectivity index (χ1v) is 4.32. The molecule has 0 radical (unpaired) electrons. The van der Waals surface area contributed by atoms with Crippen molar-refractivity contribution in [1.29, 1.82) is 0 Å². The molecule has 0 saturated carbocycles. The van der Waals surface area contributed by atoms with Gasteiger partial charge in [-0.05, 0) is 6.42 Å². The van der Waals surface area contributed by atoms with E-state index in [1.807, 2.05) is 11.6 Å². The number of rotatable bonds is 1. The van der Waals surface area contributed by atoms with E-state index >= 15 is 0 Å². The van der Waals surface area contributed by atoms with Gasteiger partial charge in [-0.2, -0.15) is 0 Å². The highest BCUT2D eigenvalue weighted by Crippen LogP contribution is 2.25. The number of ether oxygens (including phenoxy) is 1. The molecule has 54 valence electrons. The molecule has 3 heteroatoms. The minimum Gasteiger partial charge on any atom is -0.381 e. The summed E-state index contributed by atoms with van der Waals surface area (Å²) in [4.78, 5) is 4.24. The van der Waals surface area contributed by atoms with Crippen molar-refractivity contribution in [2.45, 2.75) is 12.3 Å². The highest BCUT2D eigenvalue weighted by molar-refractivity contribution is 7.09. The number of aromatic nitrogens is 1. The first-order chi connectivity index (χ1) is 4.97. The molecule has 1 unspecified atom stereocenters. The fourth-order valence-corrected chi connectivity index (χ4v) is 1.93. The van der Waals surface area contributed by atoms with Crippen LogP contribution in [-0.4, -0.2) is 18.2 Å². The van der Waals surface area contributed by atoms with Crippen LogP contribution in [0, 0.1) is 0 Å². The average Bonchev–Trinajstić information content (AvgIpc) is 2.59. The van der Waals surface area contributed by atoms with Crippen molar-refractivity contribution < 1.29 is 4.74 Å².